The lowest BCUT2D eigenvalue weighted by Crippen LogP contribution is -2.52. The first-order valence-corrected chi connectivity index (χ1v) is 7.65. The second kappa shape index (κ2) is 6.05. The van der Waals surface area contributed by atoms with Crippen molar-refractivity contribution in [3.8, 4) is 0 Å². The number of carbonyl (C=O) groups excluding carboxylic acids is 1. The van der Waals surface area contributed by atoms with E-state index in [4.69, 9.17) is 0 Å². The summed E-state index contributed by atoms with van der Waals surface area (Å²) < 4.78 is 0. The zero-order valence-corrected chi connectivity index (χ0v) is 12.2. The van der Waals surface area contributed by atoms with Gasteiger partial charge in [0.25, 0.3) is 0 Å². The van der Waals surface area contributed by atoms with Crippen LogP contribution in [0.5, 0.6) is 0 Å². The number of amides is 1. The summed E-state index contributed by atoms with van der Waals surface area (Å²) >= 11 is 0. The van der Waals surface area contributed by atoms with E-state index in [0.717, 1.165) is 6.54 Å². The van der Waals surface area contributed by atoms with Crippen molar-refractivity contribution in [1.29, 1.82) is 0 Å². The van der Waals surface area contributed by atoms with E-state index < -0.39 is 0 Å². The molecule has 18 heavy (non-hydrogen) atoms. The van der Waals surface area contributed by atoms with Gasteiger partial charge in [-0.15, -0.1) is 0 Å². The Balaban J connectivity index is 1.93. The minimum Gasteiger partial charge on any atom is -0.336 e. The summed E-state index contributed by atoms with van der Waals surface area (Å²) in [6.07, 6.45) is 7.44. The molecule has 3 nitrogen and oxygen atoms in total. The number of hydrogen-bond donors (Lipinski definition) is 0. The molecule has 0 aliphatic carbocycles. The smallest absolute Gasteiger partial charge is 0.237 e. The number of hydrogen-bond acceptors (Lipinski definition) is 2. The lowest BCUT2D eigenvalue weighted by Gasteiger charge is -2.41. The van der Waals surface area contributed by atoms with Crippen molar-refractivity contribution in [3.05, 3.63) is 0 Å². The molecular weight excluding hydrogens is 224 g/mol. The Labute approximate surface area is 112 Å². The van der Waals surface area contributed by atoms with Gasteiger partial charge in [0.1, 0.15) is 0 Å². The Kier molecular flexibility index (Phi) is 4.66. The maximum Gasteiger partial charge on any atom is 0.237 e. The Morgan fingerprint density at radius 1 is 0.944 bits per heavy atom. The Morgan fingerprint density at radius 3 is 2.17 bits per heavy atom. The van der Waals surface area contributed by atoms with E-state index in [2.05, 4.69) is 30.6 Å². The van der Waals surface area contributed by atoms with Gasteiger partial charge in [0.05, 0.1) is 6.54 Å². The molecular formula is C15H28N2O. The van der Waals surface area contributed by atoms with E-state index in [1.807, 2.05) is 0 Å². The van der Waals surface area contributed by atoms with Gasteiger partial charge in [0.2, 0.25) is 5.91 Å². The standard InChI is InChI=1S/C15H28N2O/c1-12-7-4-5-10-16(12)11-15(18)17-13(2)8-6-9-14(17)3/h12-14H,4-11H2,1-3H3/t12-,13+,14+/m1/s1. The molecule has 0 aromatic heterocycles. The van der Waals surface area contributed by atoms with Crippen molar-refractivity contribution in [2.75, 3.05) is 13.1 Å². The number of rotatable bonds is 2. The van der Waals surface area contributed by atoms with Crippen LogP contribution in [0, 0.1) is 0 Å². The summed E-state index contributed by atoms with van der Waals surface area (Å²) in [5.74, 6) is 0.350. The predicted octanol–water partition coefficient (Wildman–Crippen LogP) is 2.65. The second-order valence-electron chi connectivity index (χ2n) is 6.25. The highest BCUT2D eigenvalue weighted by Gasteiger charge is 2.31. The number of piperidine rings is 2. The van der Waals surface area contributed by atoms with Gasteiger partial charge in [-0.25, -0.2) is 0 Å². The third-order valence-electron chi connectivity index (χ3n) is 4.76. The molecule has 2 aliphatic heterocycles. The van der Waals surface area contributed by atoms with Crippen LogP contribution in [0.1, 0.15) is 59.3 Å². The third kappa shape index (κ3) is 3.05. The number of nitrogens with zero attached hydrogens (tertiary/aromatic N) is 2. The van der Waals surface area contributed by atoms with Gasteiger partial charge < -0.3 is 4.90 Å². The fourth-order valence-electron chi connectivity index (χ4n) is 3.56. The molecule has 0 radical (unpaired) electrons. The van der Waals surface area contributed by atoms with Crippen molar-refractivity contribution in [2.45, 2.75) is 77.4 Å². The van der Waals surface area contributed by atoms with E-state index in [-0.39, 0.29) is 0 Å². The average molecular weight is 252 g/mol. The fourth-order valence-corrected chi connectivity index (χ4v) is 3.56. The molecule has 2 fully saturated rings. The average Bonchev–Trinajstić information content (AvgIpc) is 2.32. The molecule has 3 heteroatoms. The van der Waals surface area contributed by atoms with Crippen LogP contribution >= 0.6 is 0 Å². The summed E-state index contributed by atoms with van der Waals surface area (Å²) in [7, 11) is 0. The van der Waals surface area contributed by atoms with Crippen LogP contribution in [0.2, 0.25) is 0 Å². The van der Waals surface area contributed by atoms with Gasteiger partial charge in [0.15, 0.2) is 0 Å². The van der Waals surface area contributed by atoms with E-state index in [0.29, 0.717) is 30.6 Å². The van der Waals surface area contributed by atoms with Gasteiger partial charge in [0, 0.05) is 18.1 Å². The molecule has 1 amide bonds. The molecule has 0 saturated carbocycles. The lowest BCUT2D eigenvalue weighted by atomic mass is 9.97. The summed E-state index contributed by atoms with van der Waals surface area (Å²) in [6.45, 7) is 8.40. The molecule has 0 N–H and O–H groups in total. The molecule has 0 spiro atoms. The highest BCUT2D eigenvalue weighted by molar-refractivity contribution is 5.79. The highest BCUT2D eigenvalue weighted by Crippen LogP contribution is 2.23. The maximum absolute atomic E-state index is 12.5. The van der Waals surface area contributed by atoms with Crippen LogP contribution < -0.4 is 0 Å². The van der Waals surface area contributed by atoms with Gasteiger partial charge in [-0.05, 0) is 59.4 Å². The number of carbonyl (C=O) groups is 1. The third-order valence-corrected chi connectivity index (χ3v) is 4.76. The van der Waals surface area contributed by atoms with Crippen molar-refractivity contribution in [2.24, 2.45) is 0 Å². The molecule has 2 aliphatic rings. The molecule has 2 saturated heterocycles. The SMILES string of the molecule is C[C@@H]1CCCCN1CC(=O)N1[C@@H](C)CCC[C@@H]1C. The summed E-state index contributed by atoms with van der Waals surface area (Å²) in [4.78, 5) is 17.0. The summed E-state index contributed by atoms with van der Waals surface area (Å²) in [5, 5.41) is 0. The quantitative estimate of drug-likeness (QED) is 0.754. The minimum atomic E-state index is 0.350. The normalized spacial score (nSPS) is 34.6. The van der Waals surface area contributed by atoms with Crippen LogP contribution in [0.4, 0.5) is 0 Å². The topological polar surface area (TPSA) is 23.6 Å². The first-order chi connectivity index (χ1) is 8.59. The van der Waals surface area contributed by atoms with Gasteiger partial charge >= 0.3 is 0 Å². The monoisotopic (exact) mass is 252 g/mol. The van der Waals surface area contributed by atoms with Crippen LogP contribution in [-0.2, 0) is 4.79 Å². The Hall–Kier alpha value is -0.570. The molecule has 104 valence electrons. The molecule has 3 atom stereocenters. The first kappa shape index (κ1) is 13.9. The van der Waals surface area contributed by atoms with E-state index >= 15 is 0 Å². The van der Waals surface area contributed by atoms with Gasteiger partial charge in [-0.3, -0.25) is 9.69 Å². The first-order valence-electron chi connectivity index (χ1n) is 7.65. The second-order valence-corrected chi connectivity index (χ2v) is 6.25. The molecule has 0 unspecified atom stereocenters. The Morgan fingerprint density at radius 2 is 1.56 bits per heavy atom. The fraction of sp³-hybridized carbons (Fsp3) is 0.933. The van der Waals surface area contributed by atoms with E-state index in [1.54, 1.807) is 0 Å². The minimum absolute atomic E-state index is 0.350. The number of likely N-dealkylation sites (tertiary alicyclic amines) is 2. The molecule has 0 bridgehead atoms. The van der Waals surface area contributed by atoms with Crippen molar-refractivity contribution < 1.29 is 4.79 Å². The zero-order chi connectivity index (χ0) is 13.1. The molecule has 2 rings (SSSR count). The zero-order valence-electron chi connectivity index (χ0n) is 12.2. The summed E-state index contributed by atoms with van der Waals surface area (Å²) in [5.41, 5.74) is 0. The highest BCUT2D eigenvalue weighted by atomic mass is 16.2. The van der Waals surface area contributed by atoms with Crippen LogP contribution in [-0.4, -0.2) is 46.9 Å². The predicted molar refractivity (Wildman–Crippen MR) is 74.5 cm³/mol. The Bertz CT molecular complexity index is 282. The molecule has 2 heterocycles. The van der Waals surface area contributed by atoms with E-state index in [1.165, 1.54) is 38.5 Å². The van der Waals surface area contributed by atoms with Gasteiger partial charge in [-0.1, -0.05) is 6.42 Å². The van der Waals surface area contributed by atoms with Crippen molar-refractivity contribution >= 4 is 5.91 Å². The molecule has 0 aromatic rings. The largest absolute Gasteiger partial charge is 0.336 e. The lowest BCUT2D eigenvalue weighted by molar-refractivity contribution is -0.139. The molecule has 0 aromatic carbocycles. The maximum atomic E-state index is 12.5. The summed E-state index contributed by atoms with van der Waals surface area (Å²) in [6, 6.07) is 1.45. The van der Waals surface area contributed by atoms with Crippen LogP contribution in [0.15, 0.2) is 0 Å². The van der Waals surface area contributed by atoms with Crippen LogP contribution in [0.3, 0.4) is 0 Å². The van der Waals surface area contributed by atoms with Crippen LogP contribution in [0.25, 0.3) is 0 Å². The van der Waals surface area contributed by atoms with Crippen molar-refractivity contribution in [1.82, 2.24) is 9.80 Å². The van der Waals surface area contributed by atoms with Gasteiger partial charge in [-0.2, -0.15) is 0 Å². The van der Waals surface area contributed by atoms with E-state index in [9.17, 15) is 4.79 Å². The van der Waals surface area contributed by atoms with Crippen molar-refractivity contribution in [3.63, 3.8) is 0 Å².